The van der Waals surface area contributed by atoms with Gasteiger partial charge in [0.1, 0.15) is 0 Å². The van der Waals surface area contributed by atoms with Crippen LogP contribution in [0.5, 0.6) is 0 Å². The molecule has 2 unspecified atom stereocenters. The number of rotatable bonds is 5. The number of carbonyl (C=O) groups is 2. The highest BCUT2D eigenvalue weighted by molar-refractivity contribution is 7.10. The minimum Gasteiger partial charge on any atom is -0.352 e. The molecule has 0 aromatic carbocycles. The average molecular weight is 349 g/mol. The van der Waals surface area contributed by atoms with E-state index in [0.29, 0.717) is 0 Å². The Hall–Kier alpha value is -1.86. The summed E-state index contributed by atoms with van der Waals surface area (Å²) in [7, 11) is 0. The Balaban J connectivity index is 1.72. The molecule has 0 saturated carbocycles. The number of nitrogens with one attached hydrogen (secondary N) is 1. The molecule has 2 aromatic heterocycles. The molecule has 0 bridgehead atoms. The summed E-state index contributed by atoms with van der Waals surface area (Å²) in [6.45, 7) is 0.773. The van der Waals surface area contributed by atoms with Gasteiger partial charge in [-0.25, -0.2) is 4.79 Å². The third-order valence-corrected chi connectivity index (χ3v) is 5.99. The lowest BCUT2D eigenvalue weighted by Gasteiger charge is -2.26. The Morgan fingerprint density at radius 3 is 2.74 bits per heavy atom. The van der Waals surface area contributed by atoms with Crippen LogP contribution >= 0.6 is 22.7 Å². The molecular weight excluding hydrogens is 330 g/mol. The smallest absolute Gasteiger partial charge is 0.312 e. The highest BCUT2D eigenvalue weighted by Crippen LogP contribution is 2.35. The van der Waals surface area contributed by atoms with Crippen molar-refractivity contribution in [3.05, 3.63) is 44.8 Å². The van der Waals surface area contributed by atoms with Crippen LogP contribution in [0.2, 0.25) is 0 Å². The van der Waals surface area contributed by atoms with Crippen molar-refractivity contribution in [2.45, 2.75) is 31.3 Å². The monoisotopic (exact) mass is 349 g/mol. The van der Waals surface area contributed by atoms with Gasteiger partial charge in [-0.2, -0.15) is 0 Å². The third kappa shape index (κ3) is 3.73. The zero-order chi connectivity index (χ0) is 16.2. The molecule has 3 rings (SSSR count). The molecule has 3 N–H and O–H groups in total. The number of carbonyl (C=O) groups excluding carboxylic acids is 2. The van der Waals surface area contributed by atoms with Crippen LogP contribution in [0.25, 0.3) is 0 Å². The van der Waals surface area contributed by atoms with Crippen LogP contribution in [0.3, 0.4) is 0 Å². The van der Waals surface area contributed by atoms with Gasteiger partial charge in [-0.15, -0.1) is 22.7 Å². The first-order chi connectivity index (χ1) is 11.1. The Morgan fingerprint density at radius 1 is 1.30 bits per heavy atom. The van der Waals surface area contributed by atoms with Gasteiger partial charge in [-0.05, 0) is 35.7 Å². The van der Waals surface area contributed by atoms with E-state index in [1.54, 1.807) is 11.3 Å². The van der Waals surface area contributed by atoms with E-state index in [1.807, 2.05) is 33.9 Å². The van der Waals surface area contributed by atoms with Crippen LogP contribution in [0.4, 0.5) is 4.79 Å². The second kappa shape index (κ2) is 7.14. The molecule has 1 aliphatic rings. The number of hydrogen-bond donors (Lipinski definition) is 2. The van der Waals surface area contributed by atoms with Crippen molar-refractivity contribution in [2.75, 3.05) is 6.54 Å². The first-order valence-electron chi connectivity index (χ1n) is 7.57. The van der Waals surface area contributed by atoms with E-state index >= 15 is 0 Å². The quantitative estimate of drug-likeness (QED) is 0.869. The minimum atomic E-state index is -0.604. The fourth-order valence-electron chi connectivity index (χ4n) is 3.02. The zero-order valence-corrected chi connectivity index (χ0v) is 14.2. The Morgan fingerprint density at radius 2 is 2.09 bits per heavy atom. The predicted molar refractivity (Wildman–Crippen MR) is 92.4 cm³/mol. The van der Waals surface area contributed by atoms with Crippen LogP contribution in [-0.4, -0.2) is 23.4 Å². The van der Waals surface area contributed by atoms with Crippen LogP contribution in [0.1, 0.15) is 41.1 Å². The first-order valence-corrected chi connectivity index (χ1v) is 9.33. The van der Waals surface area contributed by atoms with Crippen molar-refractivity contribution in [1.29, 1.82) is 0 Å². The fraction of sp³-hybridized carbons (Fsp3) is 0.375. The van der Waals surface area contributed by atoms with Crippen LogP contribution in [-0.2, 0) is 4.79 Å². The maximum absolute atomic E-state index is 12.8. The number of primary amides is 1. The Bertz CT molecular complexity index is 655. The van der Waals surface area contributed by atoms with Gasteiger partial charge < -0.3 is 16.0 Å². The van der Waals surface area contributed by atoms with Gasteiger partial charge in [0.05, 0.1) is 18.5 Å². The molecule has 5 nitrogen and oxygen atoms in total. The second-order valence-electron chi connectivity index (χ2n) is 5.54. The molecule has 122 valence electrons. The largest absolute Gasteiger partial charge is 0.352 e. The molecule has 1 aliphatic heterocycles. The molecular formula is C16H19N3O2S2. The molecule has 0 aliphatic carbocycles. The van der Waals surface area contributed by atoms with E-state index < -0.39 is 6.03 Å². The number of nitrogens with zero attached hydrogens (tertiary/aromatic N) is 1. The fourth-order valence-corrected chi connectivity index (χ4v) is 4.67. The summed E-state index contributed by atoms with van der Waals surface area (Å²) in [6, 6.07) is 7.13. The van der Waals surface area contributed by atoms with Crippen molar-refractivity contribution < 1.29 is 9.59 Å². The SMILES string of the molecule is NC(=O)NC(CC(=O)N1CCCC1c1cccs1)c1cccs1. The van der Waals surface area contributed by atoms with E-state index in [-0.39, 0.29) is 24.4 Å². The summed E-state index contributed by atoms with van der Waals surface area (Å²) >= 11 is 3.20. The van der Waals surface area contributed by atoms with Crippen molar-refractivity contribution in [1.82, 2.24) is 10.2 Å². The maximum atomic E-state index is 12.8. The molecule has 3 amide bonds. The molecule has 3 heterocycles. The highest BCUT2D eigenvalue weighted by Gasteiger charge is 2.32. The van der Waals surface area contributed by atoms with Crippen LogP contribution in [0, 0.1) is 0 Å². The Labute approximate surface area is 143 Å². The highest BCUT2D eigenvalue weighted by atomic mass is 32.1. The predicted octanol–water partition coefficient (Wildman–Crippen LogP) is 3.27. The van der Waals surface area contributed by atoms with Crippen LogP contribution in [0.15, 0.2) is 35.0 Å². The van der Waals surface area contributed by atoms with E-state index in [9.17, 15) is 9.59 Å². The topological polar surface area (TPSA) is 75.4 Å². The standard InChI is InChI=1S/C16H19N3O2S2/c17-16(21)18-11(13-5-2-8-22-13)10-15(20)19-7-1-4-12(19)14-6-3-9-23-14/h2-3,5-6,8-9,11-12H,1,4,7,10H2,(H3,17,18,21). The zero-order valence-electron chi connectivity index (χ0n) is 12.6. The van der Waals surface area contributed by atoms with Crippen molar-refractivity contribution in [2.24, 2.45) is 5.73 Å². The normalized spacial score (nSPS) is 18.8. The van der Waals surface area contributed by atoms with Gasteiger partial charge in [0.2, 0.25) is 5.91 Å². The van der Waals surface area contributed by atoms with Crippen LogP contribution < -0.4 is 11.1 Å². The van der Waals surface area contributed by atoms with E-state index in [0.717, 1.165) is 24.3 Å². The van der Waals surface area contributed by atoms with E-state index in [2.05, 4.69) is 11.4 Å². The number of urea groups is 1. The average Bonchev–Trinajstić information content (AvgIpc) is 3.25. The lowest BCUT2D eigenvalue weighted by atomic mass is 10.1. The van der Waals surface area contributed by atoms with E-state index in [4.69, 9.17) is 5.73 Å². The molecule has 2 aromatic rings. The Kier molecular flexibility index (Phi) is 4.97. The molecule has 23 heavy (non-hydrogen) atoms. The maximum Gasteiger partial charge on any atom is 0.312 e. The summed E-state index contributed by atoms with van der Waals surface area (Å²) < 4.78 is 0. The molecule has 1 fully saturated rings. The van der Waals surface area contributed by atoms with Gasteiger partial charge in [0, 0.05) is 16.3 Å². The molecule has 0 spiro atoms. The van der Waals surface area contributed by atoms with Gasteiger partial charge in [0.15, 0.2) is 0 Å². The summed E-state index contributed by atoms with van der Waals surface area (Å²) in [6.07, 6.45) is 2.26. The third-order valence-electron chi connectivity index (χ3n) is 4.03. The first kappa shape index (κ1) is 16.0. The lowest BCUT2D eigenvalue weighted by molar-refractivity contribution is -0.132. The molecule has 1 saturated heterocycles. The van der Waals surface area contributed by atoms with Crippen molar-refractivity contribution in [3.63, 3.8) is 0 Å². The van der Waals surface area contributed by atoms with Gasteiger partial charge in [-0.3, -0.25) is 4.79 Å². The van der Waals surface area contributed by atoms with Crippen molar-refractivity contribution >= 4 is 34.6 Å². The van der Waals surface area contributed by atoms with Gasteiger partial charge in [-0.1, -0.05) is 12.1 Å². The summed E-state index contributed by atoms with van der Waals surface area (Å²) in [5.41, 5.74) is 5.26. The molecule has 7 heteroatoms. The molecule has 2 atom stereocenters. The minimum absolute atomic E-state index is 0.0630. The number of hydrogen-bond acceptors (Lipinski definition) is 4. The summed E-state index contributed by atoms with van der Waals surface area (Å²) in [5, 5.41) is 6.66. The summed E-state index contributed by atoms with van der Waals surface area (Å²) in [4.78, 5) is 28.1. The van der Waals surface area contributed by atoms with Gasteiger partial charge >= 0.3 is 6.03 Å². The number of thiophene rings is 2. The lowest BCUT2D eigenvalue weighted by Crippen LogP contribution is -2.37. The van der Waals surface area contributed by atoms with Gasteiger partial charge in [0.25, 0.3) is 0 Å². The molecule has 0 radical (unpaired) electrons. The number of likely N-dealkylation sites (tertiary alicyclic amines) is 1. The number of amides is 3. The van der Waals surface area contributed by atoms with Crippen molar-refractivity contribution in [3.8, 4) is 0 Å². The summed E-state index contributed by atoms with van der Waals surface area (Å²) in [5.74, 6) is 0.0630. The second-order valence-corrected chi connectivity index (χ2v) is 7.50. The van der Waals surface area contributed by atoms with E-state index in [1.165, 1.54) is 16.2 Å². The number of nitrogens with two attached hydrogens (primary N) is 1.